The van der Waals surface area contributed by atoms with Gasteiger partial charge in [-0.15, -0.1) is 5.10 Å². The minimum absolute atomic E-state index is 0.0459. The number of benzene rings is 3. The van der Waals surface area contributed by atoms with Crippen LogP contribution in [0, 0.1) is 15.5 Å². The third-order valence-corrected chi connectivity index (χ3v) is 8.32. The van der Waals surface area contributed by atoms with Crippen LogP contribution < -0.4 is 5.32 Å². The molecule has 8 nitrogen and oxygen atoms in total. The second kappa shape index (κ2) is 7.83. The Labute approximate surface area is 214 Å². The average Bonchev–Trinajstić information content (AvgIpc) is 3.38. The molecule has 7 rings (SSSR count). The lowest BCUT2D eigenvalue weighted by Gasteiger charge is -2.52. The first kappa shape index (κ1) is 23.1. The van der Waals surface area contributed by atoms with Crippen LogP contribution in [0.5, 0.6) is 0 Å². The van der Waals surface area contributed by atoms with Crippen LogP contribution in [0.4, 0.5) is 5.95 Å². The summed E-state index contributed by atoms with van der Waals surface area (Å²) in [5, 5.41) is 22.9. The van der Waals surface area contributed by atoms with Crippen molar-refractivity contribution in [1.29, 1.82) is 0 Å². The molecule has 2 N–H and O–H groups in total. The molecule has 8 heteroatoms. The Morgan fingerprint density at radius 2 is 1.57 bits per heavy atom. The number of H-pyrrole nitrogens is 1. The van der Waals surface area contributed by atoms with E-state index in [-0.39, 0.29) is 29.1 Å². The van der Waals surface area contributed by atoms with Crippen molar-refractivity contribution < 1.29 is 9.72 Å². The number of rotatable bonds is 5. The zero-order valence-corrected chi connectivity index (χ0v) is 20.9. The van der Waals surface area contributed by atoms with Crippen molar-refractivity contribution in [2.24, 2.45) is 5.41 Å². The third kappa shape index (κ3) is 3.11. The first-order valence-electron chi connectivity index (χ1n) is 12.3. The molecule has 1 atom stereocenters. The van der Waals surface area contributed by atoms with Crippen molar-refractivity contribution in [3.63, 3.8) is 0 Å². The molecule has 37 heavy (non-hydrogen) atoms. The van der Waals surface area contributed by atoms with E-state index in [4.69, 9.17) is 0 Å². The van der Waals surface area contributed by atoms with Gasteiger partial charge in [-0.05, 0) is 37.5 Å². The Balaban J connectivity index is 1.40. The zero-order chi connectivity index (χ0) is 26.0. The topological polar surface area (TPSA) is 114 Å². The number of aromatic nitrogens is 3. The van der Waals surface area contributed by atoms with Crippen molar-refractivity contribution in [2.75, 3.05) is 5.32 Å². The molecular formula is C29H27N5O3. The number of nitrogens with zero attached hydrogens (tertiary/aromatic N) is 3. The van der Waals surface area contributed by atoms with E-state index < -0.39 is 16.4 Å². The molecule has 0 spiro atoms. The van der Waals surface area contributed by atoms with E-state index in [1.807, 2.05) is 99.6 Å². The van der Waals surface area contributed by atoms with Gasteiger partial charge in [0.15, 0.2) is 0 Å². The highest BCUT2D eigenvalue weighted by atomic mass is 16.6. The van der Waals surface area contributed by atoms with Crippen molar-refractivity contribution >= 4 is 11.9 Å². The van der Waals surface area contributed by atoms with Crippen LogP contribution in [0.15, 0.2) is 78.9 Å². The van der Waals surface area contributed by atoms with Crippen molar-refractivity contribution in [3.05, 3.63) is 123 Å². The van der Waals surface area contributed by atoms with E-state index >= 15 is 0 Å². The smallest absolute Gasteiger partial charge is 0.273 e. The Morgan fingerprint density at radius 3 is 2.16 bits per heavy atom. The molecule has 0 aliphatic heterocycles. The van der Waals surface area contributed by atoms with Crippen LogP contribution in [0.25, 0.3) is 0 Å². The standard InChI is InChI=1S/C29H27N5O3/c1-27(2,18-11-5-4-6-12-18)24-30-26(33-32-24)31-25(35)28(3)17-29(34(36)37)21-15-9-7-13-19(21)23(28)20-14-8-10-16-22(20)29/h4-16,23H,17H2,1-3H3,(H2,30,31,32,33,35). The zero-order valence-electron chi connectivity index (χ0n) is 20.9. The predicted molar refractivity (Wildman–Crippen MR) is 139 cm³/mol. The summed E-state index contributed by atoms with van der Waals surface area (Å²) in [7, 11) is 0. The fourth-order valence-electron chi connectivity index (χ4n) is 6.38. The molecule has 0 saturated heterocycles. The summed E-state index contributed by atoms with van der Waals surface area (Å²) in [5.41, 5.74) is 0.974. The van der Waals surface area contributed by atoms with Crippen LogP contribution in [-0.2, 0) is 15.7 Å². The van der Waals surface area contributed by atoms with Crippen LogP contribution in [-0.4, -0.2) is 26.0 Å². The highest BCUT2D eigenvalue weighted by molar-refractivity contribution is 5.96. The van der Waals surface area contributed by atoms with Gasteiger partial charge in [-0.3, -0.25) is 25.3 Å². The summed E-state index contributed by atoms with van der Waals surface area (Å²) in [6.45, 7) is 5.88. The van der Waals surface area contributed by atoms with Gasteiger partial charge in [0.1, 0.15) is 5.82 Å². The summed E-state index contributed by atoms with van der Waals surface area (Å²) < 4.78 is 0. The number of fused-ring (bicyclic) bond motifs is 1. The molecular weight excluding hydrogens is 466 g/mol. The number of hydrogen-bond donors (Lipinski definition) is 2. The number of carbonyl (C=O) groups excluding carboxylic acids is 1. The molecule has 1 unspecified atom stereocenters. The minimum atomic E-state index is -1.51. The van der Waals surface area contributed by atoms with Gasteiger partial charge in [0.25, 0.3) is 5.54 Å². The maximum atomic E-state index is 14.0. The first-order valence-corrected chi connectivity index (χ1v) is 12.3. The first-order chi connectivity index (χ1) is 17.7. The molecule has 1 heterocycles. The molecule has 3 aliphatic rings. The number of nitrogens with one attached hydrogen (secondary N) is 2. The van der Waals surface area contributed by atoms with Gasteiger partial charge < -0.3 is 0 Å². The third-order valence-electron chi connectivity index (χ3n) is 8.32. The summed E-state index contributed by atoms with van der Waals surface area (Å²) in [6.07, 6.45) is 0.0459. The molecule has 3 aliphatic carbocycles. The van der Waals surface area contributed by atoms with Crippen molar-refractivity contribution in [3.8, 4) is 0 Å². The number of nitro groups is 1. The number of carbonyl (C=O) groups is 1. The number of hydrogen-bond acceptors (Lipinski definition) is 5. The Morgan fingerprint density at radius 1 is 1.00 bits per heavy atom. The van der Waals surface area contributed by atoms with E-state index in [1.54, 1.807) is 0 Å². The SMILES string of the molecule is CC(C)(c1ccccc1)c1nc(NC(=O)C2(C)CC3([N+](=O)[O-])c4ccccc4C2c2ccccc23)n[nH]1. The van der Waals surface area contributed by atoms with E-state index in [9.17, 15) is 14.9 Å². The Bertz CT molecular complexity index is 1500. The van der Waals surface area contributed by atoms with Crippen LogP contribution in [0.1, 0.15) is 66.8 Å². The van der Waals surface area contributed by atoms with Gasteiger partial charge in [-0.25, -0.2) is 0 Å². The predicted octanol–water partition coefficient (Wildman–Crippen LogP) is 5.14. The van der Waals surface area contributed by atoms with Crippen LogP contribution in [0.3, 0.4) is 0 Å². The molecule has 0 fully saturated rings. The molecule has 4 aromatic rings. The number of aromatic amines is 1. The summed E-state index contributed by atoms with van der Waals surface area (Å²) in [4.78, 5) is 31.2. The maximum absolute atomic E-state index is 14.0. The lowest BCUT2D eigenvalue weighted by atomic mass is 9.49. The second-order valence-corrected chi connectivity index (χ2v) is 10.8. The quantitative estimate of drug-likeness (QED) is 0.295. The summed E-state index contributed by atoms with van der Waals surface area (Å²) >= 11 is 0. The average molecular weight is 494 g/mol. The monoisotopic (exact) mass is 493 g/mol. The molecule has 1 amide bonds. The lowest BCUT2D eigenvalue weighted by Crippen LogP contribution is -2.57. The maximum Gasteiger partial charge on any atom is 0.273 e. The molecule has 1 aromatic heterocycles. The highest BCUT2D eigenvalue weighted by Crippen LogP contribution is 2.63. The van der Waals surface area contributed by atoms with Gasteiger partial charge in [0.2, 0.25) is 11.9 Å². The van der Waals surface area contributed by atoms with E-state index in [1.165, 1.54) is 0 Å². The van der Waals surface area contributed by atoms with Gasteiger partial charge >= 0.3 is 0 Å². The molecule has 186 valence electrons. The van der Waals surface area contributed by atoms with Crippen molar-refractivity contribution in [1.82, 2.24) is 15.2 Å². The molecule has 0 saturated carbocycles. The van der Waals surface area contributed by atoms with E-state index in [0.717, 1.165) is 16.7 Å². The Kier molecular flexibility index (Phi) is 4.89. The van der Waals surface area contributed by atoms with Gasteiger partial charge in [-0.1, -0.05) is 78.9 Å². The second-order valence-electron chi connectivity index (χ2n) is 10.8. The van der Waals surface area contributed by atoms with Gasteiger partial charge in [0.05, 0.1) is 5.41 Å². The molecule has 2 bridgehead atoms. The molecule has 3 aromatic carbocycles. The van der Waals surface area contributed by atoms with Crippen molar-refractivity contribution in [2.45, 2.75) is 44.1 Å². The van der Waals surface area contributed by atoms with E-state index in [2.05, 4.69) is 20.5 Å². The lowest BCUT2D eigenvalue weighted by molar-refractivity contribution is -0.573. The van der Waals surface area contributed by atoms with E-state index in [0.29, 0.717) is 17.0 Å². The molecule has 0 radical (unpaired) electrons. The summed E-state index contributed by atoms with van der Waals surface area (Å²) in [6, 6.07) is 24.8. The largest absolute Gasteiger partial charge is 0.293 e. The van der Waals surface area contributed by atoms with Crippen LogP contribution in [0.2, 0.25) is 0 Å². The highest BCUT2D eigenvalue weighted by Gasteiger charge is 2.67. The van der Waals surface area contributed by atoms with Gasteiger partial charge in [0, 0.05) is 33.8 Å². The van der Waals surface area contributed by atoms with Gasteiger partial charge in [-0.2, -0.15) is 4.98 Å². The fraction of sp³-hybridized carbons (Fsp3) is 0.276. The number of amides is 1. The fourth-order valence-corrected chi connectivity index (χ4v) is 6.38. The summed E-state index contributed by atoms with van der Waals surface area (Å²) in [5.74, 6) is 0.0990. The Hall–Kier alpha value is -4.33. The number of anilines is 1. The van der Waals surface area contributed by atoms with Crippen LogP contribution >= 0.6 is 0 Å². The normalized spacial score (nSPS) is 23.7. The minimum Gasteiger partial charge on any atom is -0.293 e.